The highest BCUT2D eigenvalue weighted by atomic mass is 16.2. The fourth-order valence-electron chi connectivity index (χ4n) is 2.82. The summed E-state index contributed by atoms with van der Waals surface area (Å²) in [6.07, 6.45) is 3.51. The standard InChI is InChI=1S/C19H14N4O3/c1-22-18(25)15-8-3-12(11-16(15)19(22)26)17(24)21-13-4-6-14(7-5-13)23-10-2-9-20-23/h2-11H,1H3,(H,21,24). The van der Waals surface area contributed by atoms with Crippen molar-refractivity contribution < 1.29 is 14.4 Å². The van der Waals surface area contributed by atoms with Gasteiger partial charge in [-0.25, -0.2) is 4.68 Å². The number of benzene rings is 2. The fraction of sp³-hybridized carbons (Fsp3) is 0.0526. The van der Waals surface area contributed by atoms with Gasteiger partial charge in [0.2, 0.25) is 0 Å². The van der Waals surface area contributed by atoms with Gasteiger partial charge in [0.15, 0.2) is 0 Å². The lowest BCUT2D eigenvalue weighted by atomic mass is 10.1. The minimum Gasteiger partial charge on any atom is -0.322 e. The largest absolute Gasteiger partial charge is 0.322 e. The Morgan fingerprint density at radius 3 is 2.42 bits per heavy atom. The Morgan fingerprint density at radius 2 is 1.73 bits per heavy atom. The van der Waals surface area contributed by atoms with E-state index in [9.17, 15) is 14.4 Å². The Bertz CT molecular complexity index is 1020. The summed E-state index contributed by atoms with van der Waals surface area (Å²) in [7, 11) is 1.42. The van der Waals surface area contributed by atoms with Crippen LogP contribution in [0.4, 0.5) is 5.69 Å². The van der Waals surface area contributed by atoms with Crippen molar-refractivity contribution in [2.75, 3.05) is 12.4 Å². The summed E-state index contributed by atoms with van der Waals surface area (Å²) >= 11 is 0. The van der Waals surface area contributed by atoms with Crippen molar-refractivity contribution in [3.05, 3.63) is 77.6 Å². The number of imide groups is 1. The van der Waals surface area contributed by atoms with Crippen molar-refractivity contribution in [1.29, 1.82) is 0 Å². The average Bonchev–Trinajstić information content (AvgIpc) is 3.27. The second-order valence-electron chi connectivity index (χ2n) is 5.88. The molecule has 0 radical (unpaired) electrons. The van der Waals surface area contributed by atoms with Gasteiger partial charge in [-0.1, -0.05) is 0 Å². The number of carbonyl (C=O) groups excluding carboxylic acids is 3. The highest BCUT2D eigenvalue weighted by Crippen LogP contribution is 2.23. The molecule has 2 aromatic carbocycles. The SMILES string of the molecule is CN1C(=O)c2ccc(C(=O)Nc3ccc(-n4cccn4)cc3)cc2C1=O. The molecule has 1 aromatic heterocycles. The molecule has 0 spiro atoms. The van der Waals surface area contributed by atoms with Gasteiger partial charge in [0.1, 0.15) is 0 Å². The molecule has 1 aliphatic heterocycles. The molecule has 26 heavy (non-hydrogen) atoms. The first-order chi connectivity index (χ1) is 12.5. The third kappa shape index (κ3) is 2.55. The van der Waals surface area contributed by atoms with E-state index in [1.165, 1.54) is 25.2 Å². The molecule has 2 heterocycles. The quantitative estimate of drug-likeness (QED) is 0.738. The van der Waals surface area contributed by atoms with Crippen molar-refractivity contribution in [3.8, 4) is 5.69 Å². The van der Waals surface area contributed by atoms with Gasteiger partial charge in [-0.05, 0) is 48.5 Å². The van der Waals surface area contributed by atoms with E-state index < -0.39 is 5.91 Å². The Kier molecular flexibility index (Phi) is 3.62. The van der Waals surface area contributed by atoms with E-state index in [0.717, 1.165) is 10.6 Å². The first-order valence-corrected chi connectivity index (χ1v) is 7.92. The van der Waals surface area contributed by atoms with E-state index in [1.807, 2.05) is 24.4 Å². The van der Waals surface area contributed by atoms with Crippen LogP contribution < -0.4 is 5.32 Å². The van der Waals surface area contributed by atoms with Gasteiger partial charge < -0.3 is 5.32 Å². The number of fused-ring (bicyclic) bond motifs is 1. The number of amides is 3. The molecule has 0 atom stereocenters. The van der Waals surface area contributed by atoms with Crippen LogP contribution in [0.3, 0.4) is 0 Å². The normalized spacial score (nSPS) is 13.0. The van der Waals surface area contributed by atoms with Crippen LogP contribution in [0.5, 0.6) is 0 Å². The minimum absolute atomic E-state index is 0.249. The summed E-state index contributed by atoms with van der Waals surface area (Å²) in [5, 5.41) is 6.92. The van der Waals surface area contributed by atoms with Crippen molar-refractivity contribution >= 4 is 23.4 Å². The zero-order valence-electron chi connectivity index (χ0n) is 13.8. The molecular weight excluding hydrogens is 332 g/mol. The number of anilines is 1. The number of nitrogens with one attached hydrogen (secondary N) is 1. The van der Waals surface area contributed by atoms with Crippen molar-refractivity contribution in [2.24, 2.45) is 0 Å². The summed E-state index contributed by atoms with van der Waals surface area (Å²) in [4.78, 5) is 37.5. The molecule has 7 nitrogen and oxygen atoms in total. The molecule has 128 valence electrons. The molecule has 3 aromatic rings. The van der Waals surface area contributed by atoms with Crippen LogP contribution >= 0.6 is 0 Å². The molecule has 0 aliphatic carbocycles. The number of nitrogens with zero attached hydrogens (tertiary/aromatic N) is 3. The van der Waals surface area contributed by atoms with Gasteiger partial charge in [0.25, 0.3) is 17.7 Å². The van der Waals surface area contributed by atoms with E-state index in [1.54, 1.807) is 23.0 Å². The summed E-state index contributed by atoms with van der Waals surface area (Å²) in [6, 6.07) is 13.5. The van der Waals surface area contributed by atoms with Crippen LogP contribution in [0, 0.1) is 0 Å². The predicted octanol–water partition coefficient (Wildman–Crippen LogP) is 2.35. The van der Waals surface area contributed by atoms with Gasteiger partial charge >= 0.3 is 0 Å². The summed E-state index contributed by atoms with van der Waals surface area (Å²) in [5.74, 6) is -1.11. The molecule has 1 aliphatic rings. The first kappa shape index (κ1) is 15.8. The van der Waals surface area contributed by atoms with Gasteiger partial charge in [0, 0.05) is 30.7 Å². The Labute approximate surface area is 148 Å². The predicted molar refractivity (Wildman–Crippen MR) is 94.4 cm³/mol. The highest BCUT2D eigenvalue weighted by molar-refractivity contribution is 6.22. The van der Waals surface area contributed by atoms with Gasteiger partial charge in [0.05, 0.1) is 16.8 Å². The molecule has 0 saturated heterocycles. The second kappa shape index (κ2) is 5.96. The zero-order valence-corrected chi connectivity index (χ0v) is 13.8. The van der Waals surface area contributed by atoms with Gasteiger partial charge in [-0.3, -0.25) is 19.3 Å². The number of hydrogen-bond donors (Lipinski definition) is 1. The number of aromatic nitrogens is 2. The Balaban J connectivity index is 1.54. The van der Waals surface area contributed by atoms with Crippen molar-refractivity contribution in [2.45, 2.75) is 0 Å². The van der Waals surface area contributed by atoms with Crippen LogP contribution in [0.2, 0.25) is 0 Å². The molecule has 1 N–H and O–H groups in total. The molecule has 7 heteroatoms. The molecule has 0 unspecified atom stereocenters. The lowest BCUT2D eigenvalue weighted by molar-refractivity contribution is 0.0693. The maximum Gasteiger partial charge on any atom is 0.261 e. The summed E-state index contributed by atoms with van der Waals surface area (Å²) < 4.78 is 1.71. The molecular formula is C19H14N4O3. The fourth-order valence-corrected chi connectivity index (χ4v) is 2.82. The second-order valence-corrected chi connectivity index (χ2v) is 5.88. The third-order valence-electron chi connectivity index (χ3n) is 4.25. The van der Waals surface area contributed by atoms with E-state index in [0.29, 0.717) is 16.8 Å². The van der Waals surface area contributed by atoms with Crippen molar-refractivity contribution in [3.63, 3.8) is 0 Å². The molecule has 0 saturated carbocycles. The van der Waals surface area contributed by atoms with Crippen LogP contribution in [-0.4, -0.2) is 39.4 Å². The number of hydrogen-bond acceptors (Lipinski definition) is 4. The average molecular weight is 346 g/mol. The lowest BCUT2D eigenvalue weighted by Gasteiger charge is -2.07. The first-order valence-electron chi connectivity index (χ1n) is 7.92. The van der Waals surface area contributed by atoms with Crippen LogP contribution in [-0.2, 0) is 0 Å². The minimum atomic E-state index is -0.400. The summed E-state index contributed by atoms with van der Waals surface area (Å²) in [6.45, 7) is 0. The lowest BCUT2D eigenvalue weighted by Crippen LogP contribution is -2.24. The summed E-state index contributed by atoms with van der Waals surface area (Å²) in [5.41, 5.74) is 2.37. The van der Waals surface area contributed by atoms with Crippen LogP contribution in [0.25, 0.3) is 5.69 Å². The number of carbonyl (C=O) groups is 3. The molecule has 3 amide bonds. The molecule has 0 bridgehead atoms. The third-order valence-corrected chi connectivity index (χ3v) is 4.25. The topological polar surface area (TPSA) is 84.3 Å². The maximum absolute atomic E-state index is 12.5. The molecule has 4 rings (SSSR count). The molecule has 0 fully saturated rings. The van der Waals surface area contributed by atoms with E-state index >= 15 is 0 Å². The van der Waals surface area contributed by atoms with Gasteiger partial charge in [-0.15, -0.1) is 0 Å². The van der Waals surface area contributed by atoms with Crippen molar-refractivity contribution in [1.82, 2.24) is 14.7 Å². The monoisotopic (exact) mass is 346 g/mol. The smallest absolute Gasteiger partial charge is 0.261 e. The van der Waals surface area contributed by atoms with E-state index in [4.69, 9.17) is 0 Å². The van der Waals surface area contributed by atoms with E-state index in [-0.39, 0.29) is 17.4 Å². The number of rotatable bonds is 3. The van der Waals surface area contributed by atoms with Gasteiger partial charge in [-0.2, -0.15) is 5.10 Å². The highest BCUT2D eigenvalue weighted by Gasteiger charge is 2.33. The zero-order chi connectivity index (χ0) is 18.3. The van der Waals surface area contributed by atoms with Crippen LogP contribution in [0.15, 0.2) is 60.9 Å². The van der Waals surface area contributed by atoms with E-state index in [2.05, 4.69) is 10.4 Å². The Hall–Kier alpha value is -3.74. The Morgan fingerprint density at radius 1 is 1.00 bits per heavy atom. The van der Waals surface area contributed by atoms with Crippen LogP contribution in [0.1, 0.15) is 31.1 Å². The maximum atomic E-state index is 12.5.